The summed E-state index contributed by atoms with van der Waals surface area (Å²) < 4.78 is 0. The monoisotopic (exact) mass is 196 g/mol. The fraction of sp³-hybridized carbons (Fsp3) is 1.00. The Labute approximate surface area is 75.7 Å². The summed E-state index contributed by atoms with van der Waals surface area (Å²) in [5.74, 6) is 0. The molecule has 3 unspecified atom stereocenters. The summed E-state index contributed by atoms with van der Waals surface area (Å²) in [5.41, 5.74) is -1.98. The Morgan fingerprint density at radius 2 is 1.54 bits per heavy atom. The molecule has 13 heavy (non-hydrogen) atoms. The molecule has 6 N–H and O–H groups in total. The summed E-state index contributed by atoms with van der Waals surface area (Å²) in [6.07, 6.45) is -3.18. The number of hydrogen-bond acceptors (Lipinski definition) is 6. The molecule has 0 heterocycles. The molecule has 0 aromatic carbocycles. The molecule has 0 rings (SSSR count). The fourth-order valence-electron chi connectivity index (χ4n) is 0.948. The molecule has 0 aliphatic heterocycles. The Bertz CT molecular complexity index is 141. The number of aliphatic hydroxyl groups excluding tert-OH is 5. The van der Waals surface area contributed by atoms with Crippen molar-refractivity contribution >= 4 is 0 Å². The largest absolute Gasteiger partial charge is 0.394 e. The molecule has 0 aromatic heterocycles. The van der Waals surface area contributed by atoms with E-state index in [4.69, 9.17) is 25.5 Å². The van der Waals surface area contributed by atoms with Gasteiger partial charge in [-0.1, -0.05) is 0 Å². The zero-order chi connectivity index (χ0) is 10.5. The lowest BCUT2D eigenvalue weighted by Crippen LogP contribution is -2.50. The zero-order valence-corrected chi connectivity index (χ0v) is 7.17. The number of rotatable bonds is 6. The molecule has 3 atom stereocenters. The van der Waals surface area contributed by atoms with Crippen LogP contribution >= 0.6 is 0 Å². The van der Waals surface area contributed by atoms with Crippen LogP contribution in [0.1, 0.15) is 6.42 Å². The predicted octanol–water partition coefficient (Wildman–Crippen LogP) is -3.19. The average molecular weight is 196 g/mol. The summed E-state index contributed by atoms with van der Waals surface area (Å²) >= 11 is 0. The molecule has 0 aliphatic carbocycles. The Morgan fingerprint density at radius 1 is 1.00 bits per heavy atom. The van der Waals surface area contributed by atoms with Crippen molar-refractivity contribution in [2.45, 2.75) is 24.2 Å². The van der Waals surface area contributed by atoms with Gasteiger partial charge in [0, 0.05) is 6.42 Å². The van der Waals surface area contributed by atoms with E-state index >= 15 is 0 Å². The summed E-state index contributed by atoms with van der Waals surface area (Å²) in [4.78, 5) is 0. The molecule has 0 bridgehead atoms. The van der Waals surface area contributed by atoms with Crippen LogP contribution < -0.4 is 0 Å². The molecule has 0 aliphatic rings. The van der Waals surface area contributed by atoms with Crippen molar-refractivity contribution in [3.05, 3.63) is 0 Å². The van der Waals surface area contributed by atoms with E-state index < -0.39 is 44.1 Å². The molecule has 6 heteroatoms. The highest BCUT2D eigenvalue weighted by atomic mass is 16.4. The van der Waals surface area contributed by atoms with Gasteiger partial charge >= 0.3 is 0 Å². The van der Waals surface area contributed by atoms with Crippen LogP contribution in [0.4, 0.5) is 0 Å². The van der Waals surface area contributed by atoms with Crippen LogP contribution in [-0.4, -0.2) is 68.3 Å². The minimum atomic E-state index is -1.98. The zero-order valence-electron chi connectivity index (χ0n) is 7.17. The van der Waals surface area contributed by atoms with E-state index in [0.29, 0.717) is 0 Å². The van der Waals surface area contributed by atoms with Gasteiger partial charge in [0.15, 0.2) is 0 Å². The Hall–Kier alpha value is -0.240. The molecule has 6 nitrogen and oxygen atoms in total. The van der Waals surface area contributed by atoms with Crippen molar-refractivity contribution in [2.24, 2.45) is 0 Å². The Kier molecular flexibility index (Phi) is 5.38. The third-order valence-electron chi connectivity index (χ3n) is 1.87. The van der Waals surface area contributed by atoms with Gasteiger partial charge in [0.1, 0.15) is 11.7 Å². The SMILES string of the molecule is OCC(O)CC(O)(CO)C(O)CO. The van der Waals surface area contributed by atoms with Crippen molar-refractivity contribution in [1.82, 2.24) is 0 Å². The summed E-state index contributed by atoms with van der Waals surface area (Å²) in [5, 5.41) is 53.2. The first-order chi connectivity index (χ1) is 6.00. The normalized spacial score (nSPS) is 20.8. The van der Waals surface area contributed by atoms with E-state index in [-0.39, 0.29) is 0 Å². The average Bonchev–Trinajstić information content (AvgIpc) is 2.15. The summed E-state index contributed by atoms with van der Waals surface area (Å²) in [6, 6.07) is 0. The predicted molar refractivity (Wildman–Crippen MR) is 42.8 cm³/mol. The van der Waals surface area contributed by atoms with Gasteiger partial charge in [-0.3, -0.25) is 0 Å². The molecule has 0 aromatic rings. The van der Waals surface area contributed by atoms with Crippen LogP contribution in [0.2, 0.25) is 0 Å². The van der Waals surface area contributed by atoms with E-state index in [2.05, 4.69) is 0 Å². The second-order valence-corrected chi connectivity index (χ2v) is 3.00. The van der Waals surface area contributed by atoms with Gasteiger partial charge in [-0.2, -0.15) is 0 Å². The second kappa shape index (κ2) is 5.48. The van der Waals surface area contributed by atoms with E-state index in [1.54, 1.807) is 0 Å². The highest BCUT2D eigenvalue weighted by Gasteiger charge is 2.36. The molecule has 0 spiro atoms. The molecular weight excluding hydrogens is 180 g/mol. The minimum absolute atomic E-state index is 0.401. The topological polar surface area (TPSA) is 121 Å². The van der Waals surface area contributed by atoms with E-state index in [1.165, 1.54) is 0 Å². The third-order valence-corrected chi connectivity index (χ3v) is 1.87. The van der Waals surface area contributed by atoms with Crippen LogP contribution in [0, 0.1) is 0 Å². The quantitative estimate of drug-likeness (QED) is 0.266. The van der Waals surface area contributed by atoms with Crippen molar-refractivity contribution in [1.29, 1.82) is 0 Å². The van der Waals surface area contributed by atoms with E-state index in [0.717, 1.165) is 0 Å². The van der Waals surface area contributed by atoms with Gasteiger partial charge in [-0.25, -0.2) is 0 Å². The van der Waals surface area contributed by atoms with Crippen molar-refractivity contribution in [3.8, 4) is 0 Å². The first kappa shape index (κ1) is 12.8. The van der Waals surface area contributed by atoms with Gasteiger partial charge in [0.05, 0.1) is 25.9 Å². The third kappa shape index (κ3) is 3.55. The van der Waals surface area contributed by atoms with Crippen LogP contribution in [0.15, 0.2) is 0 Å². The van der Waals surface area contributed by atoms with Crippen LogP contribution in [0.25, 0.3) is 0 Å². The highest BCUT2D eigenvalue weighted by Crippen LogP contribution is 2.17. The lowest BCUT2D eigenvalue weighted by atomic mass is 9.91. The van der Waals surface area contributed by atoms with Crippen LogP contribution in [0.5, 0.6) is 0 Å². The Balaban J connectivity index is 4.26. The first-order valence-corrected chi connectivity index (χ1v) is 3.91. The van der Waals surface area contributed by atoms with Gasteiger partial charge in [-0.05, 0) is 0 Å². The molecule has 80 valence electrons. The van der Waals surface area contributed by atoms with Crippen molar-refractivity contribution in [2.75, 3.05) is 19.8 Å². The summed E-state index contributed by atoms with van der Waals surface area (Å²) in [7, 11) is 0. The minimum Gasteiger partial charge on any atom is -0.394 e. The summed E-state index contributed by atoms with van der Waals surface area (Å²) in [6.45, 7) is -2.11. The second-order valence-electron chi connectivity index (χ2n) is 3.00. The van der Waals surface area contributed by atoms with Crippen LogP contribution in [0.3, 0.4) is 0 Å². The highest BCUT2D eigenvalue weighted by molar-refractivity contribution is 4.87. The van der Waals surface area contributed by atoms with Crippen molar-refractivity contribution < 1.29 is 30.6 Å². The maximum Gasteiger partial charge on any atom is 0.118 e. The molecule has 0 saturated heterocycles. The van der Waals surface area contributed by atoms with E-state index in [1.807, 2.05) is 0 Å². The van der Waals surface area contributed by atoms with Gasteiger partial charge in [0.25, 0.3) is 0 Å². The van der Waals surface area contributed by atoms with E-state index in [9.17, 15) is 5.11 Å². The van der Waals surface area contributed by atoms with Crippen molar-refractivity contribution in [3.63, 3.8) is 0 Å². The molecule has 0 amide bonds. The van der Waals surface area contributed by atoms with Gasteiger partial charge in [-0.15, -0.1) is 0 Å². The molecular formula is C7H16O6. The number of aliphatic hydroxyl groups is 6. The van der Waals surface area contributed by atoms with Crippen LogP contribution in [-0.2, 0) is 0 Å². The smallest absolute Gasteiger partial charge is 0.118 e. The maximum absolute atomic E-state index is 9.46. The first-order valence-electron chi connectivity index (χ1n) is 3.91. The fourth-order valence-corrected chi connectivity index (χ4v) is 0.948. The Morgan fingerprint density at radius 3 is 1.85 bits per heavy atom. The lowest BCUT2D eigenvalue weighted by Gasteiger charge is -2.31. The van der Waals surface area contributed by atoms with Gasteiger partial charge < -0.3 is 30.6 Å². The maximum atomic E-state index is 9.46. The molecule has 0 saturated carbocycles. The number of hydrogen-bond donors (Lipinski definition) is 6. The molecule has 0 radical (unpaired) electrons. The van der Waals surface area contributed by atoms with Gasteiger partial charge in [0.2, 0.25) is 0 Å². The molecule has 0 fully saturated rings. The standard InChI is InChI=1S/C7H16O6/c8-2-5(11)1-7(13,4-10)6(12)3-9/h5-6,8-13H,1-4H2. The lowest BCUT2D eigenvalue weighted by molar-refractivity contribution is -0.142.